The lowest BCUT2D eigenvalue weighted by molar-refractivity contribution is 0.392. The van der Waals surface area contributed by atoms with Crippen molar-refractivity contribution >= 4 is 11.0 Å². The Morgan fingerprint density at radius 2 is 1.84 bits per heavy atom. The molecule has 4 aromatic rings. The lowest BCUT2D eigenvalue weighted by atomic mass is 9.90. The fourth-order valence-corrected chi connectivity index (χ4v) is 3.72. The first kappa shape index (κ1) is 14.4. The molecule has 5 heteroatoms. The van der Waals surface area contributed by atoms with E-state index in [2.05, 4.69) is 52.2 Å². The van der Waals surface area contributed by atoms with Crippen LogP contribution in [0.25, 0.3) is 33.9 Å². The molecule has 0 amide bonds. The molecule has 2 aromatic carbocycles. The first-order chi connectivity index (χ1) is 12.1. The Balaban J connectivity index is 1.51. The zero-order valence-corrected chi connectivity index (χ0v) is 14.2. The topological polar surface area (TPSA) is 67.6 Å². The molecule has 1 aliphatic carbocycles. The summed E-state index contributed by atoms with van der Waals surface area (Å²) in [4.78, 5) is 11.9. The number of nitrogens with one attached hydrogen (secondary N) is 1. The van der Waals surface area contributed by atoms with Crippen LogP contribution in [0.3, 0.4) is 0 Å². The summed E-state index contributed by atoms with van der Waals surface area (Å²) in [5.41, 5.74) is 6.93. The predicted molar refractivity (Wildman–Crippen MR) is 96.0 cm³/mol. The second kappa shape index (κ2) is 5.02. The van der Waals surface area contributed by atoms with Gasteiger partial charge < -0.3 is 9.51 Å². The van der Waals surface area contributed by atoms with Crippen LogP contribution in [-0.2, 0) is 12.8 Å². The number of H-pyrrole nitrogens is 1. The van der Waals surface area contributed by atoms with Crippen molar-refractivity contribution in [1.82, 2.24) is 20.1 Å². The Bertz CT molecular complexity index is 1090. The third-order valence-corrected chi connectivity index (χ3v) is 4.90. The van der Waals surface area contributed by atoms with Crippen molar-refractivity contribution in [1.29, 1.82) is 0 Å². The van der Waals surface area contributed by atoms with Crippen molar-refractivity contribution in [3.63, 3.8) is 0 Å². The van der Waals surface area contributed by atoms with Gasteiger partial charge >= 0.3 is 0 Å². The molecule has 0 aliphatic heterocycles. The maximum Gasteiger partial charge on any atom is 0.258 e. The second-order valence-electron chi connectivity index (χ2n) is 7.56. The smallest absolute Gasteiger partial charge is 0.258 e. The van der Waals surface area contributed by atoms with Gasteiger partial charge in [0.05, 0.1) is 17.4 Å². The number of benzene rings is 2. The van der Waals surface area contributed by atoms with Gasteiger partial charge in [-0.25, -0.2) is 4.98 Å². The molecule has 124 valence electrons. The zero-order valence-electron chi connectivity index (χ0n) is 14.2. The third kappa shape index (κ3) is 2.43. The number of hydrogen-bond donors (Lipinski definition) is 1. The van der Waals surface area contributed by atoms with Crippen LogP contribution in [0.4, 0.5) is 0 Å². The average Bonchev–Trinajstić information content (AvgIpc) is 3.29. The highest BCUT2D eigenvalue weighted by molar-refractivity contribution is 5.80. The molecule has 0 radical (unpaired) electrons. The van der Waals surface area contributed by atoms with Gasteiger partial charge in [-0.3, -0.25) is 0 Å². The summed E-state index contributed by atoms with van der Waals surface area (Å²) in [5.74, 6) is 1.15. The number of rotatable bonds is 2. The van der Waals surface area contributed by atoms with E-state index >= 15 is 0 Å². The maximum atomic E-state index is 5.52. The van der Waals surface area contributed by atoms with E-state index in [4.69, 9.17) is 4.52 Å². The molecule has 0 bridgehead atoms. The van der Waals surface area contributed by atoms with Gasteiger partial charge in [-0.05, 0) is 59.7 Å². The predicted octanol–water partition coefficient (Wildman–Crippen LogP) is 4.40. The molecule has 2 heterocycles. The largest absolute Gasteiger partial charge is 0.345 e. The fourth-order valence-electron chi connectivity index (χ4n) is 3.72. The van der Waals surface area contributed by atoms with Crippen LogP contribution in [0.5, 0.6) is 0 Å². The minimum Gasteiger partial charge on any atom is -0.345 e. The number of hydrogen-bond acceptors (Lipinski definition) is 4. The molecule has 1 N–H and O–H groups in total. The van der Waals surface area contributed by atoms with E-state index in [1.807, 2.05) is 18.2 Å². The number of nitrogens with zero attached hydrogens (tertiary/aromatic N) is 3. The van der Waals surface area contributed by atoms with Crippen molar-refractivity contribution in [2.75, 3.05) is 0 Å². The van der Waals surface area contributed by atoms with Crippen molar-refractivity contribution in [2.45, 2.75) is 26.7 Å². The highest BCUT2D eigenvalue weighted by Crippen LogP contribution is 2.38. The SMILES string of the molecule is CC1(C)Cc2ccc(-c3nc(-c4ccc5nc[nH]c5c4)no3)cc2C1. The van der Waals surface area contributed by atoms with E-state index in [9.17, 15) is 0 Å². The van der Waals surface area contributed by atoms with Gasteiger partial charge in [-0.1, -0.05) is 25.1 Å². The monoisotopic (exact) mass is 330 g/mol. The Morgan fingerprint density at radius 3 is 2.76 bits per heavy atom. The summed E-state index contributed by atoms with van der Waals surface area (Å²) in [6.07, 6.45) is 3.90. The number of fused-ring (bicyclic) bond motifs is 2. The molecule has 0 saturated heterocycles. The minimum absolute atomic E-state index is 0.334. The van der Waals surface area contributed by atoms with E-state index in [1.54, 1.807) is 6.33 Å². The standard InChI is InChI=1S/C20H18N4O/c1-20(2)9-14-4-3-13(7-15(14)10-20)19-23-18(24-25-19)12-5-6-16-17(8-12)22-11-21-16/h3-8,11H,9-10H2,1-2H3,(H,21,22). The van der Waals surface area contributed by atoms with Crippen molar-refractivity contribution < 1.29 is 4.52 Å². The molecule has 5 rings (SSSR count). The Labute approximate surface area is 145 Å². The molecule has 0 unspecified atom stereocenters. The molecule has 0 atom stereocenters. The van der Waals surface area contributed by atoms with Crippen LogP contribution in [-0.4, -0.2) is 20.1 Å². The summed E-state index contributed by atoms with van der Waals surface area (Å²) in [6, 6.07) is 12.4. The van der Waals surface area contributed by atoms with Crippen LogP contribution >= 0.6 is 0 Å². The lowest BCUT2D eigenvalue weighted by Gasteiger charge is -2.14. The van der Waals surface area contributed by atoms with Gasteiger partial charge in [0.15, 0.2) is 0 Å². The summed E-state index contributed by atoms with van der Waals surface area (Å²) in [5, 5.41) is 4.16. The van der Waals surface area contributed by atoms with Gasteiger partial charge in [-0.15, -0.1) is 0 Å². The van der Waals surface area contributed by atoms with Gasteiger partial charge in [0.2, 0.25) is 5.82 Å². The number of aromatic nitrogens is 4. The normalized spacial score (nSPS) is 15.6. The van der Waals surface area contributed by atoms with Crippen molar-refractivity contribution in [3.05, 3.63) is 53.9 Å². The van der Waals surface area contributed by atoms with E-state index in [0.717, 1.165) is 35.0 Å². The second-order valence-corrected chi connectivity index (χ2v) is 7.56. The quantitative estimate of drug-likeness (QED) is 0.591. The summed E-state index contributed by atoms with van der Waals surface area (Å²) >= 11 is 0. The highest BCUT2D eigenvalue weighted by atomic mass is 16.5. The fraction of sp³-hybridized carbons (Fsp3) is 0.250. The van der Waals surface area contributed by atoms with Crippen LogP contribution in [0, 0.1) is 5.41 Å². The first-order valence-corrected chi connectivity index (χ1v) is 8.47. The lowest BCUT2D eigenvalue weighted by Crippen LogP contribution is -2.09. The van der Waals surface area contributed by atoms with Gasteiger partial charge in [0, 0.05) is 11.1 Å². The van der Waals surface area contributed by atoms with Crippen LogP contribution in [0.2, 0.25) is 0 Å². The van der Waals surface area contributed by atoms with E-state index in [1.165, 1.54) is 11.1 Å². The third-order valence-electron chi connectivity index (χ3n) is 4.90. The van der Waals surface area contributed by atoms with Crippen LogP contribution < -0.4 is 0 Å². The van der Waals surface area contributed by atoms with Gasteiger partial charge in [0.25, 0.3) is 5.89 Å². The average molecular weight is 330 g/mol. The van der Waals surface area contributed by atoms with Crippen LogP contribution in [0.15, 0.2) is 47.2 Å². The van der Waals surface area contributed by atoms with Gasteiger partial charge in [-0.2, -0.15) is 4.98 Å². The molecule has 1 aliphatic rings. The first-order valence-electron chi connectivity index (χ1n) is 8.47. The number of aromatic amines is 1. The number of imidazole rings is 1. The Kier molecular flexibility index (Phi) is 2.89. The minimum atomic E-state index is 0.334. The molecular weight excluding hydrogens is 312 g/mol. The van der Waals surface area contributed by atoms with E-state index in [-0.39, 0.29) is 0 Å². The molecule has 5 nitrogen and oxygen atoms in total. The molecule has 25 heavy (non-hydrogen) atoms. The molecule has 0 fully saturated rings. The zero-order chi connectivity index (χ0) is 17.0. The van der Waals surface area contributed by atoms with Crippen LogP contribution in [0.1, 0.15) is 25.0 Å². The Hall–Kier alpha value is -2.95. The van der Waals surface area contributed by atoms with Crippen molar-refractivity contribution in [3.8, 4) is 22.8 Å². The molecular formula is C20H18N4O. The maximum absolute atomic E-state index is 5.52. The highest BCUT2D eigenvalue weighted by Gasteiger charge is 2.28. The molecule has 2 aromatic heterocycles. The van der Waals surface area contributed by atoms with E-state index < -0.39 is 0 Å². The van der Waals surface area contributed by atoms with Gasteiger partial charge in [0.1, 0.15) is 0 Å². The summed E-state index contributed by atoms with van der Waals surface area (Å²) in [7, 11) is 0. The summed E-state index contributed by atoms with van der Waals surface area (Å²) < 4.78 is 5.52. The summed E-state index contributed by atoms with van der Waals surface area (Å²) in [6.45, 7) is 4.62. The molecule has 0 saturated carbocycles. The Morgan fingerprint density at radius 1 is 1.00 bits per heavy atom. The van der Waals surface area contributed by atoms with Crippen molar-refractivity contribution in [2.24, 2.45) is 5.41 Å². The van der Waals surface area contributed by atoms with E-state index in [0.29, 0.717) is 17.1 Å². The molecule has 0 spiro atoms.